The second-order valence-corrected chi connectivity index (χ2v) is 8.05. The number of benzene rings is 2. The highest BCUT2D eigenvalue weighted by Gasteiger charge is 2.24. The fourth-order valence-corrected chi connectivity index (χ4v) is 3.88. The van der Waals surface area contributed by atoms with Gasteiger partial charge in [-0.2, -0.15) is 0 Å². The average molecular weight is 496 g/mol. The smallest absolute Gasteiger partial charge is 0.270 e. The van der Waals surface area contributed by atoms with E-state index in [2.05, 4.69) is 10.2 Å². The van der Waals surface area contributed by atoms with Crippen LogP contribution in [0.3, 0.4) is 0 Å². The fourth-order valence-electron chi connectivity index (χ4n) is 3.36. The van der Waals surface area contributed by atoms with Gasteiger partial charge in [-0.25, -0.2) is 0 Å². The lowest BCUT2D eigenvalue weighted by molar-refractivity contribution is -0.385. The maximum Gasteiger partial charge on any atom is 0.270 e. The van der Waals surface area contributed by atoms with Crippen LogP contribution in [0.4, 0.5) is 11.4 Å². The van der Waals surface area contributed by atoms with E-state index in [0.717, 1.165) is 12.1 Å². The molecule has 1 heterocycles. The molecule has 1 aliphatic heterocycles. The van der Waals surface area contributed by atoms with Crippen LogP contribution < -0.4 is 5.32 Å². The molecule has 1 saturated heterocycles. The Kier molecular flexibility index (Phi) is 7.79. The van der Waals surface area contributed by atoms with E-state index < -0.39 is 15.8 Å². The first-order valence-corrected chi connectivity index (χ1v) is 10.6. The van der Waals surface area contributed by atoms with Crippen molar-refractivity contribution in [2.24, 2.45) is 0 Å². The third-order valence-electron chi connectivity index (χ3n) is 5.18. The first-order valence-electron chi connectivity index (χ1n) is 9.85. The molecule has 0 aromatic heterocycles. The SMILES string of the molecule is O=C(NCCN1CCN(C(=O)c2ccc([N+](=O)[O-])cc2Cl)CC1)c1ccc([N+](=O)[O-])cc1Cl. The molecular weight excluding hydrogens is 477 g/mol. The topological polar surface area (TPSA) is 139 Å². The summed E-state index contributed by atoms with van der Waals surface area (Å²) in [6.07, 6.45) is 0. The van der Waals surface area contributed by atoms with Crippen LogP contribution in [-0.2, 0) is 0 Å². The highest BCUT2D eigenvalue weighted by Crippen LogP contribution is 2.24. The predicted molar refractivity (Wildman–Crippen MR) is 121 cm³/mol. The van der Waals surface area contributed by atoms with Crippen LogP contribution in [0.2, 0.25) is 10.0 Å². The zero-order valence-corrected chi connectivity index (χ0v) is 18.7. The van der Waals surface area contributed by atoms with Crippen molar-refractivity contribution in [1.29, 1.82) is 0 Å². The maximum absolute atomic E-state index is 12.7. The molecule has 0 unspecified atom stereocenters. The molecule has 3 rings (SSSR count). The van der Waals surface area contributed by atoms with Gasteiger partial charge in [0.1, 0.15) is 0 Å². The third kappa shape index (κ3) is 5.95. The lowest BCUT2D eigenvalue weighted by Gasteiger charge is -2.34. The minimum Gasteiger partial charge on any atom is -0.351 e. The van der Waals surface area contributed by atoms with Crippen LogP contribution in [0.1, 0.15) is 20.7 Å². The molecule has 0 saturated carbocycles. The Balaban J connectivity index is 1.47. The van der Waals surface area contributed by atoms with Gasteiger partial charge in [0.2, 0.25) is 0 Å². The molecule has 2 aromatic rings. The number of nitro groups is 2. The number of carbonyl (C=O) groups is 2. The van der Waals surface area contributed by atoms with Gasteiger partial charge in [0.25, 0.3) is 23.2 Å². The summed E-state index contributed by atoms with van der Waals surface area (Å²) < 4.78 is 0. The fraction of sp³-hybridized carbons (Fsp3) is 0.300. The Morgan fingerprint density at radius 3 is 1.88 bits per heavy atom. The van der Waals surface area contributed by atoms with Crippen LogP contribution in [0.5, 0.6) is 0 Å². The standard InChI is InChI=1S/C20H19Cl2N5O6/c21-17-11-13(26(30)31)1-3-15(17)19(28)23-5-6-24-7-9-25(10-8-24)20(29)16-4-2-14(27(32)33)12-18(16)22/h1-4,11-12H,5-10H2,(H,23,28). The number of hydrogen-bond acceptors (Lipinski definition) is 7. The summed E-state index contributed by atoms with van der Waals surface area (Å²) in [7, 11) is 0. The Morgan fingerprint density at radius 2 is 1.39 bits per heavy atom. The minimum atomic E-state index is -0.590. The van der Waals surface area contributed by atoms with Crippen molar-refractivity contribution in [3.8, 4) is 0 Å². The number of nitrogens with one attached hydrogen (secondary N) is 1. The summed E-state index contributed by atoms with van der Waals surface area (Å²) in [4.78, 5) is 49.1. The average Bonchev–Trinajstić information content (AvgIpc) is 2.78. The second kappa shape index (κ2) is 10.6. The molecule has 0 atom stereocenters. The molecule has 2 aromatic carbocycles. The van der Waals surface area contributed by atoms with Gasteiger partial charge in [-0.05, 0) is 12.1 Å². The van der Waals surface area contributed by atoms with E-state index >= 15 is 0 Å². The maximum atomic E-state index is 12.7. The number of amides is 2. The number of carbonyl (C=O) groups excluding carboxylic acids is 2. The van der Waals surface area contributed by atoms with E-state index in [1.165, 1.54) is 24.3 Å². The normalized spacial score (nSPS) is 14.1. The second-order valence-electron chi connectivity index (χ2n) is 7.23. The van der Waals surface area contributed by atoms with Gasteiger partial charge in [-0.15, -0.1) is 0 Å². The number of rotatable bonds is 7. The van der Waals surface area contributed by atoms with Crippen LogP contribution in [0.25, 0.3) is 0 Å². The Bertz CT molecular complexity index is 1100. The summed E-state index contributed by atoms with van der Waals surface area (Å²) in [6.45, 7) is 2.89. The summed E-state index contributed by atoms with van der Waals surface area (Å²) in [5.41, 5.74) is -0.0157. The van der Waals surface area contributed by atoms with E-state index in [4.69, 9.17) is 23.2 Å². The lowest BCUT2D eigenvalue weighted by Crippen LogP contribution is -2.50. The molecule has 33 heavy (non-hydrogen) atoms. The summed E-state index contributed by atoms with van der Waals surface area (Å²) >= 11 is 12.0. The lowest BCUT2D eigenvalue weighted by atomic mass is 10.1. The molecule has 0 bridgehead atoms. The molecule has 1 aliphatic rings. The van der Waals surface area contributed by atoms with Crippen molar-refractivity contribution >= 4 is 46.4 Å². The molecule has 1 fully saturated rings. The minimum absolute atomic E-state index is 0.00117. The van der Waals surface area contributed by atoms with Gasteiger partial charge in [-0.3, -0.25) is 34.7 Å². The molecule has 1 N–H and O–H groups in total. The van der Waals surface area contributed by atoms with E-state index in [-0.39, 0.29) is 38.5 Å². The number of nitro benzene ring substituents is 2. The van der Waals surface area contributed by atoms with Crippen LogP contribution in [-0.4, -0.2) is 70.7 Å². The molecule has 0 spiro atoms. The van der Waals surface area contributed by atoms with Crippen molar-refractivity contribution in [3.05, 3.63) is 77.8 Å². The van der Waals surface area contributed by atoms with Crippen molar-refractivity contribution in [1.82, 2.24) is 15.1 Å². The Morgan fingerprint density at radius 1 is 0.879 bits per heavy atom. The number of halogens is 2. The monoisotopic (exact) mass is 495 g/mol. The molecule has 0 radical (unpaired) electrons. The van der Waals surface area contributed by atoms with Gasteiger partial charge in [0.05, 0.1) is 31.0 Å². The van der Waals surface area contributed by atoms with Crippen molar-refractivity contribution in [3.63, 3.8) is 0 Å². The van der Waals surface area contributed by atoms with Gasteiger partial charge < -0.3 is 10.2 Å². The van der Waals surface area contributed by atoms with Crippen molar-refractivity contribution in [2.75, 3.05) is 39.3 Å². The zero-order valence-electron chi connectivity index (χ0n) is 17.2. The first kappa shape index (κ1) is 24.4. The molecule has 174 valence electrons. The van der Waals surface area contributed by atoms with Gasteiger partial charge >= 0.3 is 0 Å². The van der Waals surface area contributed by atoms with Gasteiger partial charge in [0, 0.05) is 63.5 Å². The number of piperazine rings is 1. The van der Waals surface area contributed by atoms with Gasteiger partial charge in [0.15, 0.2) is 0 Å². The van der Waals surface area contributed by atoms with Crippen LogP contribution >= 0.6 is 23.2 Å². The number of nitrogens with zero attached hydrogens (tertiary/aromatic N) is 4. The van der Waals surface area contributed by atoms with E-state index in [0.29, 0.717) is 39.3 Å². The predicted octanol–water partition coefficient (Wildman–Crippen LogP) is 3.00. The quantitative estimate of drug-likeness (QED) is 0.459. The Hall–Kier alpha value is -3.28. The molecule has 11 nitrogen and oxygen atoms in total. The number of hydrogen-bond donors (Lipinski definition) is 1. The molecule has 2 amide bonds. The van der Waals surface area contributed by atoms with Crippen molar-refractivity contribution < 1.29 is 19.4 Å². The summed E-state index contributed by atoms with van der Waals surface area (Å²) in [5, 5.41) is 24.4. The van der Waals surface area contributed by atoms with E-state index in [1.54, 1.807) is 4.90 Å². The molecule has 0 aliphatic carbocycles. The molecule has 13 heteroatoms. The number of non-ortho nitro benzene ring substituents is 2. The Labute approximate surface area is 198 Å². The largest absolute Gasteiger partial charge is 0.351 e. The van der Waals surface area contributed by atoms with Crippen molar-refractivity contribution in [2.45, 2.75) is 0 Å². The third-order valence-corrected chi connectivity index (χ3v) is 5.80. The van der Waals surface area contributed by atoms with Gasteiger partial charge in [-0.1, -0.05) is 23.2 Å². The highest BCUT2D eigenvalue weighted by atomic mass is 35.5. The van der Waals surface area contributed by atoms with Crippen LogP contribution in [0.15, 0.2) is 36.4 Å². The molecular formula is C20H19Cl2N5O6. The first-order chi connectivity index (χ1) is 15.7. The zero-order chi connectivity index (χ0) is 24.1. The summed E-state index contributed by atoms with van der Waals surface area (Å²) in [6, 6.07) is 7.41. The van der Waals surface area contributed by atoms with E-state index in [9.17, 15) is 29.8 Å². The summed E-state index contributed by atoms with van der Waals surface area (Å²) in [5.74, 6) is -0.729. The van der Waals surface area contributed by atoms with E-state index in [1.807, 2.05) is 0 Å². The highest BCUT2D eigenvalue weighted by molar-refractivity contribution is 6.34. The van der Waals surface area contributed by atoms with Crippen LogP contribution in [0, 0.1) is 20.2 Å².